The number of anilines is 1. The first kappa shape index (κ1) is 19.3. The monoisotopic (exact) mass is 401 g/mol. The molecule has 1 N–H and O–H groups in total. The van der Waals surface area contributed by atoms with Crippen molar-refractivity contribution in [1.29, 1.82) is 0 Å². The summed E-state index contributed by atoms with van der Waals surface area (Å²) in [4.78, 5) is 25.3. The molecule has 0 atom stereocenters. The first-order valence-electron chi connectivity index (χ1n) is 9.48. The van der Waals surface area contributed by atoms with E-state index < -0.39 is 11.9 Å². The Kier molecular flexibility index (Phi) is 5.48. The van der Waals surface area contributed by atoms with Gasteiger partial charge in [0.05, 0.1) is 6.61 Å². The van der Waals surface area contributed by atoms with Crippen LogP contribution in [0.1, 0.15) is 27.8 Å². The molecule has 3 aromatic carbocycles. The number of fused-ring (bicyclic) bond motifs is 1. The molecule has 0 bridgehead atoms. The van der Waals surface area contributed by atoms with Crippen LogP contribution >= 0.6 is 0 Å². The van der Waals surface area contributed by atoms with Gasteiger partial charge in [-0.2, -0.15) is 0 Å². The lowest BCUT2D eigenvalue weighted by Gasteiger charge is -2.09. The second-order valence-corrected chi connectivity index (χ2v) is 6.42. The SMILES string of the molecule is CCOC(=O)c1oc2ccccc2c1NC(=O)c1cccc(Oc2ccccc2)c1. The molecule has 0 fully saturated rings. The van der Waals surface area contributed by atoms with Gasteiger partial charge in [-0.05, 0) is 49.4 Å². The molecule has 1 aromatic heterocycles. The first-order valence-corrected chi connectivity index (χ1v) is 9.48. The molecule has 6 nitrogen and oxygen atoms in total. The highest BCUT2D eigenvalue weighted by Gasteiger charge is 2.23. The van der Waals surface area contributed by atoms with E-state index in [-0.39, 0.29) is 18.1 Å². The molecule has 6 heteroatoms. The van der Waals surface area contributed by atoms with Crippen LogP contribution in [0.25, 0.3) is 11.0 Å². The van der Waals surface area contributed by atoms with E-state index in [1.54, 1.807) is 55.5 Å². The molecule has 0 aliphatic heterocycles. The van der Waals surface area contributed by atoms with Gasteiger partial charge in [0.2, 0.25) is 5.76 Å². The number of esters is 1. The fourth-order valence-electron chi connectivity index (χ4n) is 3.02. The molecule has 0 saturated carbocycles. The van der Waals surface area contributed by atoms with Gasteiger partial charge in [0.15, 0.2) is 0 Å². The molecule has 0 unspecified atom stereocenters. The Balaban J connectivity index is 1.63. The van der Waals surface area contributed by atoms with Crippen LogP contribution < -0.4 is 10.1 Å². The Bertz CT molecular complexity index is 1200. The number of furan rings is 1. The Labute approximate surface area is 173 Å². The second-order valence-electron chi connectivity index (χ2n) is 6.42. The van der Waals surface area contributed by atoms with Crippen molar-refractivity contribution >= 4 is 28.5 Å². The van der Waals surface area contributed by atoms with E-state index in [0.717, 1.165) is 0 Å². The predicted octanol–water partition coefficient (Wildman–Crippen LogP) is 5.65. The van der Waals surface area contributed by atoms with Gasteiger partial charge in [0, 0.05) is 10.9 Å². The molecular formula is C24H19NO5. The van der Waals surface area contributed by atoms with Crippen LogP contribution in [-0.2, 0) is 4.74 Å². The molecule has 0 radical (unpaired) electrons. The maximum absolute atomic E-state index is 12.9. The molecule has 0 saturated heterocycles. The summed E-state index contributed by atoms with van der Waals surface area (Å²) in [7, 11) is 0. The van der Waals surface area contributed by atoms with E-state index in [1.807, 2.05) is 30.3 Å². The van der Waals surface area contributed by atoms with Gasteiger partial charge < -0.3 is 19.2 Å². The van der Waals surface area contributed by atoms with E-state index in [9.17, 15) is 9.59 Å². The molecule has 0 spiro atoms. The van der Waals surface area contributed by atoms with Crippen LogP contribution in [0.3, 0.4) is 0 Å². The molecule has 1 amide bonds. The summed E-state index contributed by atoms with van der Waals surface area (Å²) >= 11 is 0. The Morgan fingerprint density at radius 1 is 0.900 bits per heavy atom. The van der Waals surface area contributed by atoms with Crippen LogP contribution in [-0.4, -0.2) is 18.5 Å². The third kappa shape index (κ3) is 4.03. The zero-order chi connectivity index (χ0) is 20.9. The lowest BCUT2D eigenvalue weighted by molar-refractivity contribution is 0.0494. The highest BCUT2D eigenvalue weighted by Crippen LogP contribution is 2.32. The predicted molar refractivity (Wildman–Crippen MR) is 113 cm³/mol. The van der Waals surface area contributed by atoms with Crippen molar-refractivity contribution < 1.29 is 23.5 Å². The molecule has 150 valence electrons. The van der Waals surface area contributed by atoms with Crippen molar-refractivity contribution in [2.45, 2.75) is 6.92 Å². The summed E-state index contributed by atoms with van der Waals surface area (Å²) in [6.07, 6.45) is 0. The lowest BCUT2D eigenvalue weighted by atomic mass is 10.1. The summed E-state index contributed by atoms with van der Waals surface area (Å²) in [5.41, 5.74) is 1.14. The van der Waals surface area contributed by atoms with E-state index in [4.69, 9.17) is 13.9 Å². The summed E-state index contributed by atoms with van der Waals surface area (Å²) in [5.74, 6) is 0.121. The van der Waals surface area contributed by atoms with Crippen molar-refractivity contribution in [2.24, 2.45) is 0 Å². The maximum atomic E-state index is 12.9. The van der Waals surface area contributed by atoms with Gasteiger partial charge in [-0.25, -0.2) is 4.79 Å². The van der Waals surface area contributed by atoms with Gasteiger partial charge in [-0.15, -0.1) is 0 Å². The van der Waals surface area contributed by atoms with E-state index in [0.29, 0.717) is 28.0 Å². The standard InChI is InChI=1S/C24H19NO5/c1-2-28-24(27)22-21(19-13-6-7-14-20(19)30-22)25-23(26)16-9-8-12-18(15-16)29-17-10-4-3-5-11-17/h3-15H,2H2,1H3,(H,25,26). The van der Waals surface area contributed by atoms with Crippen LogP contribution in [0.4, 0.5) is 5.69 Å². The number of para-hydroxylation sites is 2. The fourth-order valence-corrected chi connectivity index (χ4v) is 3.02. The number of nitrogens with one attached hydrogen (secondary N) is 1. The molecule has 0 aliphatic rings. The average molecular weight is 401 g/mol. The Morgan fingerprint density at radius 2 is 1.63 bits per heavy atom. The van der Waals surface area contributed by atoms with Gasteiger partial charge in [-0.1, -0.05) is 36.4 Å². The van der Waals surface area contributed by atoms with Gasteiger partial charge in [-0.3, -0.25) is 4.79 Å². The third-order valence-corrected chi connectivity index (χ3v) is 4.37. The largest absolute Gasteiger partial charge is 0.460 e. The smallest absolute Gasteiger partial charge is 0.376 e. The molecule has 4 rings (SSSR count). The zero-order valence-electron chi connectivity index (χ0n) is 16.3. The molecule has 4 aromatic rings. The lowest BCUT2D eigenvalue weighted by Crippen LogP contribution is -2.15. The molecule has 0 aliphatic carbocycles. The van der Waals surface area contributed by atoms with Gasteiger partial charge in [0.1, 0.15) is 22.8 Å². The van der Waals surface area contributed by atoms with E-state index in [2.05, 4.69) is 5.32 Å². The quantitative estimate of drug-likeness (QED) is 0.422. The summed E-state index contributed by atoms with van der Waals surface area (Å²) in [6, 6.07) is 23.2. The normalized spacial score (nSPS) is 10.6. The number of hydrogen-bond acceptors (Lipinski definition) is 5. The van der Waals surface area contributed by atoms with E-state index in [1.165, 1.54) is 0 Å². The first-order chi connectivity index (χ1) is 14.7. The van der Waals surface area contributed by atoms with Crippen LogP contribution in [0.2, 0.25) is 0 Å². The highest BCUT2D eigenvalue weighted by molar-refractivity contribution is 6.13. The Morgan fingerprint density at radius 3 is 2.43 bits per heavy atom. The van der Waals surface area contributed by atoms with Crippen molar-refractivity contribution in [3.63, 3.8) is 0 Å². The number of carbonyl (C=O) groups is 2. The third-order valence-electron chi connectivity index (χ3n) is 4.37. The number of rotatable bonds is 6. The summed E-state index contributed by atoms with van der Waals surface area (Å²) < 4.78 is 16.5. The van der Waals surface area contributed by atoms with Crippen molar-refractivity contribution in [1.82, 2.24) is 0 Å². The van der Waals surface area contributed by atoms with E-state index >= 15 is 0 Å². The number of ether oxygens (including phenoxy) is 2. The van der Waals surface area contributed by atoms with Crippen molar-refractivity contribution in [3.05, 3.63) is 90.2 Å². The molecule has 1 heterocycles. The minimum Gasteiger partial charge on any atom is -0.460 e. The number of hydrogen-bond donors (Lipinski definition) is 1. The fraction of sp³-hybridized carbons (Fsp3) is 0.0833. The minimum atomic E-state index is -0.634. The van der Waals surface area contributed by atoms with Crippen LogP contribution in [0.15, 0.2) is 83.3 Å². The number of amides is 1. The summed E-state index contributed by atoms with van der Waals surface area (Å²) in [5, 5.41) is 3.41. The summed E-state index contributed by atoms with van der Waals surface area (Å²) in [6.45, 7) is 1.90. The van der Waals surface area contributed by atoms with Crippen LogP contribution in [0, 0.1) is 0 Å². The minimum absolute atomic E-state index is 0.0388. The highest BCUT2D eigenvalue weighted by atomic mass is 16.5. The molecule has 30 heavy (non-hydrogen) atoms. The topological polar surface area (TPSA) is 77.8 Å². The zero-order valence-corrected chi connectivity index (χ0v) is 16.3. The van der Waals surface area contributed by atoms with Crippen molar-refractivity contribution in [2.75, 3.05) is 11.9 Å². The van der Waals surface area contributed by atoms with Crippen LogP contribution in [0.5, 0.6) is 11.5 Å². The van der Waals surface area contributed by atoms with Gasteiger partial charge >= 0.3 is 5.97 Å². The maximum Gasteiger partial charge on any atom is 0.376 e. The average Bonchev–Trinajstić information content (AvgIpc) is 3.13. The number of carbonyl (C=O) groups excluding carboxylic acids is 2. The second kappa shape index (κ2) is 8.53. The molecular weight excluding hydrogens is 382 g/mol. The number of benzene rings is 3. The van der Waals surface area contributed by atoms with Crippen molar-refractivity contribution in [3.8, 4) is 11.5 Å². The van der Waals surface area contributed by atoms with Gasteiger partial charge in [0.25, 0.3) is 5.91 Å². The Hall–Kier alpha value is -4.06.